The zero-order chi connectivity index (χ0) is 11.6. The van der Waals surface area contributed by atoms with Gasteiger partial charge in [-0.25, -0.2) is 13.2 Å². The fourth-order valence-corrected chi connectivity index (χ4v) is 1.46. The van der Waals surface area contributed by atoms with E-state index in [2.05, 4.69) is 0 Å². The third-order valence-electron chi connectivity index (χ3n) is 2.16. The van der Waals surface area contributed by atoms with Crippen LogP contribution in [0.5, 0.6) is 0 Å². The third kappa shape index (κ3) is 2.96. The fraction of sp³-hybridized carbons (Fsp3) is 0.455. The minimum atomic E-state index is -1.19. The molecule has 0 aliphatic carbocycles. The molecule has 0 radical (unpaired) electrons. The average molecular weight is 217 g/mol. The standard InChI is InChI=1S/C11H14F3N/c1-6(2)3-11(15)7-4-9(13)10(14)5-8(7)12/h4-6,11H,3,15H2,1-2H3/t11-/m0/s1. The van der Waals surface area contributed by atoms with E-state index in [4.69, 9.17) is 5.73 Å². The van der Waals surface area contributed by atoms with Crippen molar-refractivity contribution >= 4 is 0 Å². The van der Waals surface area contributed by atoms with Crippen molar-refractivity contribution in [2.45, 2.75) is 26.3 Å². The molecule has 15 heavy (non-hydrogen) atoms. The van der Waals surface area contributed by atoms with Crippen molar-refractivity contribution in [3.63, 3.8) is 0 Å². The van der Waals surface area contributed by atoms with Crippen LogP contribution < -0.4 is 5.73 Å². The number of hydrogen-bond acceptors (Lipinski definition) is 1. The molecule has 0 saturated heterocycles. The van der Waals surface area contributed by atoms with Gasteiger partial charge in [0.1, 0.15) is 5.82 Å². The zero-order valence-corrected chi connectivity index (χ0v) is 8.73. The molecule has 0 heterocycles. The minimum Gasteiger partial charge on any atom is -0.324 e. The summed E-state index contributed by atoms with van der Waals surface area (Å²) in [4.78, 5) is 0. The van der Waals surface area contributed by atoms with Gasteiger partial charge in [-0.1, -0.05) is 13.8 Å². The Bertz CT molecular complexity index is 350. The normalized spacial score (nSPS) is 13.3. The first-order chi connectivity index (χ1) is 6.91. The van der Waals surface area contributed by atoms with Gasteiger partial charge in [0.05, 0.1) is 0 Å². The molecule has 0 bridgehead atoms. The first-order valence-electron chi connectivity index (χ1n) is 4.81. The highest BCUT2D eigenvalue weighted by atomic mass is 19.2. The van der Waals surface area contributed by atoms with Crippen molar-refractivity contribution in [3.05, 3.63) is 35.1 Å². The van der Waals surface area contributed by atoms with Crippen LogP contribution in [0.25, 0.3) is 0 Å². The molecule has 0 aliphatic heterocycles. The molecular formula is C11H14F3N. The second kappa shape index (κ2) is 4.66. The minimum absolute atomic E-state index is 0.0302. The highest BCUT2D eigenvalue weighted by molar-refractivity contribution is 5.23. The molecule has 0 spiro atoms. The molecule has 0 fully saturated rings. The van der Waals surface area contributed by atoms with E-state index in [1.54, 1.807) is 0 Å². The van der Waals surface area contributed by atoms with Gasteiger partial charge in [0.15, 0.2) is 11.6 Å². The second-order valence-electron chi connectivity index (χ2n) is 4.02. The molecule has 0 unspecified atom stereocenters. The molecule has 1 nitrogen and oxygen atoms in total. The predicted molar refractivity (Wildman–Crippen MR) is 52.7 cm³/mol. The Hall–Kier alpha value is -1.03. The summed E-state index contributed by atoms with van der Waals surface area (Å²) in [5, 5.41) is 0. The first-order valence-corrected chi connectivity index (χ1v) is 4.81. The monoisotopic (exact) mass is 217 g/mol. The summed E-state index contributed by atoms with van der Waals surface area (Å²) in [6, 6.07) is 0.767. The fourth-order valence-electron chi connectivity index (χ4n) is 1.46. The van der Waals surface area contributed by atoms with Crippen LogP contribution in [-0.2, 0) is 0 Å². The molecule has 2 N–H and O–H groups in total. The van der Waals surface area contributed by atoms with Crippen molar-refractivity contribution in [3.8, 4) is 0 Å². The molecule has 4 heteroatoms. The highest BCUT2D eigenvalue weighted by Gasteiger charge is 2.16. The molecule has 1 atom stereocenters. The van der Waals surface area contributed by atoms with Gasteiger partial charge in [-0.2, -0.15) is 0 Å². The summed E-state index contributed by atoms with van der Waals surface area (Å²) < 4.78 is 38.7. The number of halogens is 3. The predicted octanol–water partition coefficient (Wildman–Crippen LogP) is 3.15. The lowest BCUT2D eigenvalue weighted by Crippen LogP contribution is -2.15. The lowest BCUT2D eigenvalue weighted by atomic mass is 9.97. The first kappa shape index (κ1) is 12.0. The van der Waals surface area contributed by atoms with Crippen molar-refractivity contribution < 1.29 is 13.2 Å². The maximum atomic E-state index is 13.2. The summed E-state index contributed by atoms with van der Waals surface area (Å²) >= 11 is 0. The van der Waals surface area contributed by atoms with Gasteiger partial charge >= 0.3 is 0 Å². The van der Waals surface area contributed by atoms with Crippen LogP contribution in [0.3, 0.4) is 0 Å². The largest absolute Gasteiger partial charge is 0.324 e. The molecule has 1 rings (SSSR count). The number of benzene rings is 1. The van der Waals surface area contributed by atoms with Crippen LogP contribution in [0, 0.1) is 23.4 Å². The Morgan fingerprint density at radius 3 is 2.13 bits per heavy atom. The lowest BCUT2D eigenvalue weighted by Gasteiger charge is -2.15. The molecule has 0 amide bonds. The Labute approximate surface area is 87.1 Å². The Morgan fingerprint density at radius 2 is 1.60 bits per heavy atom. The summed E-state index contributed by atoms with van der Waals surface area (Å²) in [7, 11) is 0. The van der Waals surface area contributed by atoms with Crippen LogP contribution in [0.2, 0.25) is 0 Å². The van der Waals surface area contributed by atoms with Crippen LogP contribution >= 0.6 is 0 Å². The van der Waals surface area contributed by atoms with Crippen molar-refractivity contribution in [1.29, 1.82) is 0 Å². The molecule has 0 aliphatic rings. The Morgan fingerprint density at radius 1 is 1.07 bits per heavy atom. The Balaban J connectivity index is 2.98. The van der Waals surface area contributed by atoms with E-state index in [1.807, 2.05) is 13.8 Å². The summed E-state index contributed by atoms with van der Waals surface area (Å²) in [6.45, 7) is 3.86. The molecule has 1 aromatic rings. The third-order valence-corrected chi connectivity index (χ3v) is 2.16. The van der Waals surface area contributed by atoms with E-state index < -0.39 is 23.5 Å². The highest BCUT2D eigenvalue weighted by Crippen LogP contribution is 2.23. The van der Waals surface area contributed by atoms with Crippen LogP contribution in [0.4, 0.5) is 13.2 Å². The summed E-state index contributed by atoms with van der Waals surface area (Å²) in [5.74, 6) is -2.77. The molecule has 84 valence electrons. The van der Waals surface area contributed by atoms with E-state index in [9.17, 15) is 13.2 Å². The number of hydrogen-bond donors (Lipinski definition) is 1. The zero-order valence-electron chi connectivity index (χ0n) is 8.73. The van der Waals surface area contributed by atoms with E-state index in [1.165, 1.54) is 0 Å². The van der Waals surface area contributed by atoms with Crippen LogP contribution in [0.1, 0.15) is 31.9 Å². The SMILES string of the molecule is CC(C)C[C@H](N)c1cc(F)c(F)cc1F. The lowest BCUT2D eigenvalue weighted by molar-refractivity contribution is 0.462. The van der Waals surface area contributed by atoms with Gasteiger partial charge in [0, 0.05) is 17.7 Å². The van der Waals surface area contributed by atoms with Crippen molar-refractivity contribution in [1.82, 2.24) is 0 Å². The molecular weight excluding hydrogens is 203 g/mol. The van der Waals surface area contributed by atoms with Gasteiger partial charge in [-0.05, 0) is 18.4 Å². The average Bonchev–Trinajstić information content (AvgIpc) is 2.09. The number of nitrogens with two attached hydrogens (primary N) is 1. The smallest absolute Gasteiger partial charge is 0.161 e. The summed E-state index contributed by atoms with van der Waals surface area (Å²) in [5.41, 5.74) is 5.72. The van der Waals surface area contributed by atoms with Gasteiger partial charge in [0.25, 0.3) is 0 Å². The molecule has 0 aromatic heterocycles. The van der Waals surface area contributed by atoms with Crippen molar-refractivity contribution in [2.75, 3.05) is 0 Å². The topological polar surface area (TPSA) is 26.0 Å². The molecule has 1 aromatic carbocycles. The van der Waals surface area contributed by atoms with Crippen molar-refractivity contribution in [2.24, 2.45) is 11.7 Å². The van der Waals surface area contributed by atoms with Crippen LogP contribution in [0.15, 0.2) is 12.1 Å². The van der Waals surface area contributed by atoms with E-state index in [0.717, 1.165) is 6.07 Å². The number of rotatable bonds is 3. The van der Waals surface area contributed by atoms with E-state index in [-0.39, 0.29) is 11.5 Å². The maximum Gasteiger partial charge on any atom is 0.161 e. The maximum absolute atomic E-state index is 13.2. The Kier molecular flexibility index (Phi) is 3.74. The van der Waals surface area contributed by atoms with Crippen LogP contribution in [-0.4, -0.2) is 0 Å². The molecule has 0 saturated carbocycles. The second-order valence-corrected chi connectivity index (χ2v) is 4.02. The van der Waals surface area contributed by atoms with Gasteiger partial charge in [0.2, 0.25) is 0 Å². The van der Waals surface area contributed by atoms with E-state index >= 15 is 0 Å². The van der Waals surface area contributed by atoms with E-state index in [0.29, 0.717) is 12.5 Å². The quantitative estimate of drug-likeness (QED) is 0.773. The van der Waals surface area contributed by atoms with Gasteiger partial charge in [-0.15, -0.1) is 0 Å². The van der Waals surface area contributed by atoms with Gasteiger partial charge < -0.3 is 5.73 Å². The summed E-state index contributed by atoms with van der Waals surface area (Å²) in [6.07, 6.45) is 0.530. The van der Waals surface area contributed by atoms with Gasteiger partial charge in [-0.3, -0.25) is 0 Å².